The molecule has 0 bridgehead atoms. The fourth-order valence-electron chi connectivity index (χ4n) is 1.97. The number of anilines is 1. The van der Waals surface area contributed by atoms with E-state index in [0.29, 0.717) is 0 Å². The Balaban J connectivity index is 2.06. The molecule has 2 aromatic rings. The number of hydrogen-bond acceptors (Lipinski definition) is 4. The molecule has 0 aliphatic rings. The summed E-state index contributed by atoms with van der Waals surface area (Å²) in [6.07, 6.45) is 2.04. The van der Waals surface area contributed by atoms with Crippen molar-refractivity contribution in [2.45, 2.75) is 39.7 Å². The molecular weight excluding hydrogens is 242 g/mol. The average Bonchev–Trinajstić information content (AvgIpc) is 2.77. The molecule has 0 amide bonds. The summed E-state index contributed by atoms with van der Waals surface area (Å²) in [6, 6.07) is 8.68. The van der Waals surface area contributed by atoms with Crippen molar-refractivity contribution < 1.29 is 0 Å². The third-order valence-electron chi connectivity index (χ3n) is 2.94. The number of hydrogen-bond donors (Lipinski definition) is 1. The first kappa shape index (κ1) is 13.0. The van der Waals surface area contributed by atoms with Crippen molar-refractivity contribution in [3.8, 4) is 0 Å². The minimum Gasteiger partial charge on any atom is -0.354 e. The van der Waals surface area contributed by atoms with Crippen LogP contribution in [-0.2, 0) is 6.42 Å². The standard InChI is InChI=1S/C14H19N3S/c1-4-7-13-16-14(18-17-13)15-11(3)12-9-6-5-8-10(12)2/h5-6,8-9,11H,4,7H2,1-3H3,(H,15,16,17). The minimum atomic E-state index is 0.258. The number of benzene rings is 1. The van der Waals surface area contributed by atoms with Crippen molar-refractivity contribution >= 4 is 16.7 Å². The lowest BCUT2D eigenvalue weighted by atomic mass is 10.0. The zero-order valence-electron chi connectivity index (χ0n) is 11.1. The van der Waals surface area contributed by atoms with Gasteiger partial charge in [-0.3, -0.25) is 0 Å². The van der Waals surface area contributed by atoms with Gasteiger partial charge in [0.1, 0.15) is 5.82 Å². The molecule has 1 heterocycles. The van der Waals surface area contributed by atoms with Crippen LogP contribution in [0, 0.1) is 6.92 Å². The monoisotopic (exact) mass is 261 g/mol. The first-order valence-corrected chi connectivity index (χ1v) is 7.12. The Hall–Kier alpha value is -1.42. The van der Waals surface area contributed by atoms with E-state index in [0.717, 1.165) is 23.8 Å². The average molecular weight is 261 g/mol. The second-order valence-corrected chi connectivity index (χ2v) is 5.24. The highest BCUT2D eigenvalue weighted by atomic mass is 32.1. The molecule has 0 radical (unpaired) electrons. The molecule has 0 aliphatic carbocycles. The van der Waals surface area contributed by atoms with E-state index in [1.54, 1.807) is 0 Å². The minimum absolute atomic E-state index is 0.258. The van der Waals surface area contributed by atoms with Crippen LogP contribution in [0.4, 0.5) is 5.13 Å². The Morgan fingerprint density at radius 1 is 1.33 bits per heavy atom. The van der Waals surface area contributed by atoms with Crippen LogP contribution >= 0.6 is 11.5 Å². The van der Waals surface area contributed by atoms with Crippen molar-refractivity contribution in [3.05, 3.63) is 41.2 Å². The van der Waals surface area contributed by atoms with E-state index in [1.807, 2.05) is 0 Å². The summed E-state index contributed by atoms with van der Waals surface area (Å²) in [7, 11) is 0. The quantitative estimate of drug-likeness (QED) is 0.885. The van der Waals surface area contributed by atoms with Crippen LogP contribution in [0.2, 0.25) is 0 Å². The third-order valence-corrected chi connectivity index (χ3v) is 3.62. The first-order valence-electron chi connectivity index (χ1n) is 6.35. The summed E-state index contributed by atoms with van der Waals surface area (Å²) in [5, 5.41) is 4.33. The Bertz CT molecular complexity index is 507. The maximum atomic E-state index is 4.49. The molecule has 1 atom stereocenters. The van der Waals surface area contributed by atoms with Crippen molar-refractivity contribution in [2.75, 3.05) is 5.32 Å². The van der Waals surface area contributed by atoms with Crippen LogP contribution in [0.3, 0.4) is 0 Å². The van der Waals surface area contributed by atoms with Gasteiger partial charge < -0.3 is 5.32 Å². The van der Waals surface area contributed by atoms with E-state index in [-0.39, 0.29) is 6.04 Å². The molecular formula is C14H19N3S. The second-order valence-electron chi connectivity index (χ2n) is 4.49. The highest BCUT2D eigenvalue weighted by Crippen LogP contribution is 2.23. The highest BCUT2D eigenvalue weighted by Gasteiger charge is 2.10. The van der Waals surface area contributed by atoms with Crippen molar-refractivity contribution in [1.82, 2.24) is 9.36 Å². The fourth-order valence-corrected chi connectivity index (χ4v) is 2.67. The SMILES string of the molecule is CCCc1nsc(NC(C)c2ccccc2C)n1. The molecule has 1 unspecified atom stereocenters. The number of aromatic nitrogens is 2. The molecule has 0 spiro atoms. The Morgan fingerprint density at radius 3 is 2.83 bits per heavy atom. The molecule has 1 aromatic carbocycles. The molecule has 3 nitrogen and oxygen atoms in total. The van der Waals surface area contributed by atoms with Gasteiger partial charge in [-0.25, -0.2) is 4.98 Å². The van der Waals surface area contributed by atoms with Gasteiger partial charge in [0.25, 0.3) is 0 Å². The van der Waals surface area contributed by atoms with Crippen LogP contribution < -0.4 is 5.32 Å². The molecule has 0 aliphatic heterocycles. The first-order chi connectivity index (χ1) is 8.70. The lowest BCUT2D eigenvalue weighted by Crippen LogP contribution is -2.07. The Morgan fingerprint density at radius 2 is 2.11 bits per heavy atom. The second kappa shape index (κ2) is 5.96. The van der Waals surface area contributed by atoms with Crippen molar-refractivity contribution in [2.24, 2.45) is 0 Å². The van der Waals surface area contributed by atoms with Crippen molar-refractivity contribution in [1.29, 1.82) is 0 Å². The zero-order valence-corrected chi connectivity index (χ0v) is 11.9. The van der Waals surface area contributed by atoms with Gasteiger partial charge in [-0.15, -0.1) is 0 Å². The van der Waals surface area contributed by atoms with Gasteiger partial charge in [-0.2, -0.15) is 4.37 Å². The number of aryl methyl sites for hydroxylation is 2. The van der Waals surface area contributed by atoms with Gasteiger partial charge in [0.2, 0.25) is 5.13 Å². The summed E-state index contributed by atoms with van der Waals surface area (Å²) in [5.74, 6) is 0.946. The molecule has 0 saturated carbocycles. The van der Waals surface area contributed by atoms with Gasteiger partial charge >= 0.3 is 0 Å². The number of nitrogens with one attached hydrogen (secondary N) is 1. The van der Waals surface area contributed by atoms with E-state index < -0.39 is 0 Å². The third kappa shape index (κ3) is 3.07. The Kier molecular flexibility index (Phi) is 4.31. The topological polar surface area (TPSA) is 37.8 Å². The largest absolute Gasteiger partial charge is 0.354 e. The molecule has 2 rings (SSSR count). The van der Waals surface area contributed by atoms with Gasteiger partial charge in [0, 0.05) is 18.0 Å². The molecule has 0 fully saturated rings. The highest BCUT2D eigenvalue weighted by molar-refractivity contribution is 7.09. The lowest BCUT2D eigenvalue weighted by molar-refractivity contribution is 0.845. The van der Waals surface area contributed by atoms with Crippen LogP contribution in [0.15, 0.2) is 24.3 Å². The van der Waals surface area contributed by atoms with Crippen molar-refractivity contribution in [3.63, 3.8) is 0 Å². The van der Waals surface area contributed by atoms with Crippen LogP contribution in [0.5, 0.6) is 0 Å². The molecule has 1 N–H and O–H groups in total. The predicted octanol–water partition coefficient (Wildman–Crippen LogP) is 3.97. The lowest BCUT2D eigenvalue weighted by Gasteiger charge is -2.15. The fraction of sp³-hybridized carbons (Fsp3) is 0.429. The van der Waals surface area contributed by atoms with Gasteiger partial charge in [-0.05, 0) is 31.4 Å². The van der Waals surface area contributed by atoms with Gasteiger partial charge in [-0.1, -0.05) is 31.2 Å². The molecule has 96 valence electrons. The van der Waals surface area contributed by atoms with E-state index >= 15 is 0 Å². The molecule has 1 aromatic heterocycles. The molecule has 0 saturated heterocycles. The van der Waals surface area contributed by atoms with Crippen LogP contribution in [-0.4, -0.2) is 9.36 Å². The maximum Gasteiger partial charge on any atom is 0.203 e. The summed E-state index contributed by atoms with van der Waals surface area (Å²) < 4.78 is 4.34. The molecule has 4 heteroatoms. The van der Waals surface area contributed by atoms with E-state index in [1.165, 1.54) is 22.7 Å². The van der Waals surface area contributed by atoms with Crippen LogP contribution in [0.1, 0.15) is 43.3 Å². The number of rotatable bonds is 5. The normalized spacial score (nSPS) is 12.4. The summed E-state index contributed by atoms with van der Waals surface area (Å²) >= 11 is 1.45. The van der Waals surface area contributed by atoms with Gasteiger partial charge in [0.15, 0.2) is 0 Å². The summed E-state index contributed by atoms with van der Waals surface area (Å²) in [6.45, 7) is 6.43. The maximum absolute atomic E-state index is 4.49. The van der Waals surface area contributed by atoms with Crippen LogP contribution in [0.25, 0.3) is 0 Å². The molecule has 18 heavy (non-hydrogen) atoms. The van der Waals surface area contributed by atoms with E-state index in [2.05, 4.69) is 59.7 Å². The predicted molar refractivity (Wildman–Crippen MR) is 77.1 cm³/mol. The summed E-state index contributed by atoms with van der Waals surface area (Å²) in [4.78, 5) is 4.49. The zero-order chi connectivity index (χ0) is 13.0. The Labute approximate surface area is 112 Å². The summed E-state index contributed by atoms with van der Waals surface area (Å²) in [5.41, 5.74) is 2.61. The van der Waals surface area contributed by atoms with E-state index in [9.17, 15) is 0 Å². The van der Waals surface area contributed by atoms with Gasteiger partial charge in [0.05, 0.1) is 6.04 Å². The van der Waals surface area contributed by atoms with E-state index in [4.69, 9.17) is 0 Å². The number of nitrogens with zero attached hydrogens (tertiary/aromatic N) is 2. The smallest absolute Gasteiger partial charge is 0.203 e.